The van der Waals surface area contributed by atoms with Gasteiger partial charge in [0.2, 0.25) is 0 Å². The molecular weight excluding hydrogens is 186 g/mol. The first kappa shape index (κ1) is 10.1. The zero-order valence-corrected chi connectivity index (χ0v) is 8.10. The van der Waals surface area contributed by atoms with Crippen molar-refractivity contribution in [3.63, 3.8) is 0 Å². The number of carboxylic acid groups (broad SMARTS) is 1. The molecule has 0 bridgehead atoms. The van der Waals surface area contributed by atoms with E-state index in [1.54, 1.807) is 0 Å². The molecule has 1 aromatic carbocycles. The second-order valence-corrected chi connectivity index (χ2v) is 3.59. The number of aryl methyl sites for hydroxylation is 1. The van der Waals surface area contributed by atoms with Crippen LogP contribution in [0.3, 0.4) is 0 Å². The molecule has 3 nitrogen and oxygen atoms in total. The molecule has 0 fully saturated rings. The van der Waals surface area contributed by atoms with Crippen LogP contribution in [0.4, 0.5) is 0 Å². The van der Waals surface area contributed by atoms with Crippen molar-refractivity contribution < 1.29 is 9.90 Å². The van der Waals surface area contributed by atoms with Gasteiger partial charge in [-0.25, -0.2) is 4.72 Å². The summed E-state index contributed by atoms with van der Waals surface area (Å²) >= 11 is 1.33. The largest absolute Gasteiger partial charge is 0.480 e. The molecule has 0 radical (unpaired) electrons. The van der Waals surface area contributed by atoms with Crippen LogP contribution in [0.1, 0.15) is 5.56 Å². The number of nitrogens with one attached hydrogen (secondary N) is 1. The highest BCUT2D eigenvalue weighted by atomic mass is 32.2. The van der Waals surface area contributed by atoms with E-state index in [-0.39, 0.29) is 6.54 Å². The predicted molar refractivity (Wildman–Crippen MR) is 52.7 cm³/mol. The van der Waals surface area contributed by atoms with Crippen LogP contribution in [0.2, 0.25) is 0 Å². The highest BCUT2D eigenvalue weighted by Crippen LogP contribution is 2.14. The standard InChI is InChI=1S/C9H11NO2S/c1-7-2-4-8(5-3-7)13-10-6-9(11)12/h2-5,10H,6H2,1H3,(H,11,12). The Kier molecular flexibility index (Phi) is 3.79. The molecule has 2 N–H and O–H groups in total. The van der Waals surface area contributed by atoms with Crippen molar-refractivity contribution in [3.8, 4) is 0 Å². The molecule has 0 heterocycles. The molecule has 0 aliphatic carbocycles. The molecule has 0 aliphatic rings. The Morgan fingerprint density at radius 3 is 2.62 bits per heavy atom. The second kappa shape index (κ2) is 4.89. The SMILES string of the molecule is Cc1ccc(SNCC(=O)O)cc1. The first-order valence-electron chi connectivity index (χ1n) is 3.86. The Morgan fingerprint density at radius 2 is 2.08 bits per heavy atom. The summed E-state index contributed by atoms with van der Waals surface area (Å²) in [6.07, 6.45) is 0. The molecule has 0 saturated carbocycles. The van der Waals surface area contributed by atoms with Crippen LogP contribution in [0.25, 0.3) is 0 Å². The lowest BCUT2D eigenvalue weighted by Gasteiger charge is -2.00. The first-order chi connectivity index (χ1) is 6.18. The van der Waals surface area contributed by atoms with Crippen LogP contribution in [0.15, 0.2) is 29.2 Å². The molecule has 0 spiro atoms. The normalized spacial score (nSPS) is 9.92. The number of hydrogen-bond acceptors (Lipinski definition) is 3. The summed E-state index contributed by atoms with van der Waals surface area (Å²) in [5, 5.41) is 8.36. The number of benzene rings is 1. The van der Waals surface area contributed by atoms with E-state index in [4.69, 9.17) is 5.11 Å². The molecule has 4 heteroatoms. The fraction of sp³-hybridized carbons (Fsp3) is 0.222. The van der Waals surface area contributed by atoms with Crippen LogP contribution < -0.4 is 4.72 Å². The summed E-state index contributed by atoms with van der Waals surface area (Å²) in [6, 6.07) is 7.89. The molecule has 70 valence electrons. The van der Waals surface area contributed by atoms with Crippen LogP contribution in [-0.2, 0) is 4.79 Å². The summed E-state index contributed by atoms with van der Waals surface area (Å²) in [7, 11) is 0. The second-order valence-electron chi connectivity index (χ2n) is 2.63. The fourth-order valence-corrected chi connectivity index (χ4v) is 1.42. The van der Waals surface area contributed by atoms with Gasteiger partial charge in [-0.2, -0.15) is 0 Å². The van der Waals surface area contributed by atoms with Crippen molar-refractivity contribution in [1.82, 2.24) is 4.72 Å². The minimum Gasteiger partial charge on any atom is -0.480 e. The average molecular weight is 197 g/mol. The van der Waals surface area contributed by atoms with Crippen molar-refractivity contribution >= 4 is 17.9 Å². The number of rotatable bonds is 4. The molecule has 0 amide bonds. The molecular formula is C9H11NO2S. The summed E-state index contributed by atoms with van der Waals surface area (Å²) in [6.45, 7) is 1.98. The molecule has 0 aromatic heterocycles. The van der Waals surface area contributed by atoms with E-state index in [1.807, 2.05) is 31.2 Å². The molecule has 0 unspecified atom stereocenters. The Hall–Kier alpha value is -1.00. The first-order valence-corrected chi connectivity index (χ1v) is 4.68. The number of aliphatic carboxylic acids is 1. The van der Waals surface area contributed by atoms with Gasteiger partial charge in [-0.3, -0.25) is 4.79 Å². The molecule has 1 aromatic rings. The lowest BCUT2D eigenvalue weighted by atomic mass is 10.2. The van der Waals surface area contributed by atoms with Gasteiger partial charge in [0.15, 0.2) is 0 Å². The van der Waals surface area contributed by atoms with Crippen molar-refractivity contribution in [2.24, 2.45) is 0 Å². The van der Waals surface area contributed by atoms with Crippen LogP contribution >= 0.6 is 11.9 Å². The maximum absolute atomic E-state index is 10.2. The predicted octanol–water partition coefficient (Wildman–Crippen LogP) is 1.68. The smallest absolute Gasteiger partial charge is 0.318 e. The van der Waals surface area contributed by atoms with Gasteiger partial charge in [0, 0.05) is 4.90 Å². The Labute approximate surface area is 81.3 Å². The van der Waals surface area contributed by atoms with Crippen molar-refractivity contribution in [2.75, 3.05) is 6.54 Å². The number of carbonyl (C=O) groups is 1. The van der Waals surface area contributed by atoms with E-state index >= 15 is 0 Å². The van der Waals surface area contributed by atoms with E-state index in [9.17, 15) is 4.79 Å². The van der Waals surface area contributed by atoms with Gasteiger partial charge in [-0.1, -0.05) is 17.7 Å². The summed E-state index contributed by atoms with van der Waals surface area (Å²) < 4.78 is 2.74. The van der Waals surface area contributed by atoms with Gasteiger partial charge in [-0.05, 0) is 31.0 Å². The zero-order valence-electron chi connectivity index (χ0n) is 7.28. The third kappa shape index (κ3) is 3.96. The molecule has 13 heavy (non-hydrogen) atoms. The van der Waals surface area contributed by atoms with E-state index in [0.717, 1.165) is 4.90 Å². The van der Waals surface area contributed by atoms with E-state index in [0.29, 0.717) is 0 Å². The average Bonchev–Trinajstić information content (AvgIpc) is 2.08. The molecule has 0 saturated heterocycles. The van der Waals surface area contributed by atoms with Gasteiger partial charge in [0.05, 0.1) is 0 Å². The Bertz CT molecular complexity index is 284. The Balaban J connectivity index is 2.37. The number of carboxylic acids is 1. The van der Waals surface area contributed by atoms with Crippen molar-refractivity contribution in [1.29, 1.82) is 0 Å². The maximum Gasteiger partial charge on any atom is 0.318 e. The van der Waals surface area contributed by atoms with Gasteiger partial charge in [0.1, 0.15) is 6.54 Å². The quantitative estimate of drug-likeness (QED) is 0.721. The maximum atomic E-state index is 10.2. The highest BCUT2D eigenvalue weighted by Gasteiger charge is 1.96. The lowest BCUT2D eigenvalue weighted by Crippen LogP contribution is -2.15. The van der Waals surface area contributed by atoms with Gasteiger partial charge < -0.3 is 5.11 Å². The van der Waals surface area contributed by atoms with E-state index < -0.39 is 5.97 Å². The summed E-state index contributed by atoms with van der Waals surface area (Å²) in [5.74, 6) is -0.848. The van der Waals surface area contributed by atoms with Gasteiger partial charge in [0.25, 0.3) is 0 Å². The molecule has 1 rings (SSSR count). The Morgan fingerprint density at radius 1 is 1.46 bits per heavy atom. The summed E-state index contributed by atoms with van der Waals surface area (Å²) in [4.78, 5) is 11.2. The van der Waals surface area contributed by atoms with Crippen molar-refractivity contribution in [3.05, 3.63) is 29.8 Å². The van der Waals surface area contributed by atoms with Crippen LogP contribution in [0, 0.1) is 6.92 Å². The van der Waals surface area contributed by atoms with E-state index in [1.165, 1.54) is 17.5 Å². The third-order valence-electron chi connectivity index (χ3n) is 1.43. The van der Waals surface area contributed by atoms with Crippen molar-refractivity contribution in [2.45, 2.75) is 11.8 Å². The fourth-order valence-electron chi connectivity index (χ4n) is 0.787. The topological polar surface area (TPSA) is 49.3 Å². The van der Waals surface area contributed by atoms with E-state index in [2.05, 4.69) is 4.72 Å². The highest BCUT2D eigenvalue weighted by molar-refractivity contribution is 7.97. The lowest BCUT2D eigenvalue weighted by molar-refractivity contribution is -0.135. The van der Waals surface area contributed by atoms with Gasteiger partial charge in [-0.15, -0.1) is 0 Å². The monoisotopic (exact) mass is 197 g/mol. The summed E-state index contributed by atoms with van der Waals surface area (Å²) in [5.41, 5.74) is 1.20. The third-order valence-corrected chi connectivity index (χ3v) is 2.23. The minimum absolute atomic E-state index is 0.0292. The zero-order chi connectivity index (χ0) is 9.68. The molecule has 0 aliphatic heterocycles. The number of hydrogen-bond donors (Lipinski definition) is 2. The van der Waals surface area contributed by atoms with Crippen LogP contribution in [0.5, 0.6) is 0 Å². The van der Waals surface area contributed by atoms with Gasteiger partial charge >= 0.3 is 5.97 Å². The van der Waals surface area contributed by atoms with Crippen LogP contribution in [-0.4, -0.2) is 17.6 Å². The minimum atomic E-state index is -0.848. The molecule has 0 atom stereocenters.